The van der Waals surface area contributed by atoms with Gasteiger partial charge in [-0.2, -0.15) is 0 Å². The second kappa shape index (κ2) is 17.5. The minimum Gasteiger partial charge on any atom is -0.423 e. The second-order valence-electron chi connectivity index (χ2n) is 11.7. The van der Waals surface area contributed by atoms with Crippen LogP contribution in [0.2, 0.25) is 0 Å². The molecule has 0 N–H and O–H groups in total. The molecule has 0 aliphatic rings. The van der Waals surface area contributed by atoms with Crippen molar-refractivity contribution in [3.8, 4) is 56.4 Å². The van der Waals surface area contributed by atoms with Gasteiger partial charge in [0.1, 0.15) is 23.0 Å². The number of hydrogen-bond acceptors (Lipinski definition) is 10. The molecule has 4 aromatic carbocycles. The topological polar surface area (TPSA) is 124 Å². The monoisotopic (exact) mass is 702 g/mol. The number of benzene rings is 4. The van der Waals surface area contributed by atoms with Gasteiger partial charge in [-0.25, -0.2) is 19.2 Å². The Bertz CT molecular complexity index is 1900. The van der Waals surface area contributed by atoms with E-state index in [-0.39, 0.29) is 47.0 Å². The van der Waals surface area contributed by atoms with Crippen molar-refractivity contribution in [3.63, 3.8) is 0 Å². The highest BCUT2D eigenvalue weighted by Gasteiger charge is 2.21. The first-order valence-corrected chi connectivity index (χ1v) is 15.8. The molecule has 0 bridgehead atoms. The predicted octanol–water partition coefficient (Wildman–Crippen LogP) is 7.87. The highest BCUT2D eigenvalue weighted by atomic mass is 16.6. The van der Waals surface area contributed by atoms with E-state index in [0.29, 0.717) is 33.8 Å². The average Bonchev–Trinajstić information content (AvgIpc) is 3.12. The molecule has 0 spiro atoms. The molecular weight excluding hydrogens is 664 g/mol. The summed E-state index contributed by atoms with van der Waals surface area (Å²) in [5.74, 6) is -1.59. The number of rotatable bonds is 15. The normalized spacial score (nSPS) is 10.5. The van der Waals surface area contributed by atoms with Crippen LogP contribution in [0.5, 0.6) is 23.0 Å². The maximum absolute atomic E-state index is 13.1. The first-order chi connectivity index (χ1) is 24.8. The number of methoxy groups -OCH3 is 2. The first-order valence-electron chi connectivity index (χ1n) is 15.8. The summed E-state index contributed by atoms with van der Waals surface area (Å²) in [6, 6.07) is 23.9. The van der Waals surface area contributed by atoms with Crippen LogP contribution >= 0.6 is 0 Å². The maximum Gasteiger partial charge on any atom is 0.341 e. The van der Waals surface area contributed by atoms with E-state index in [1.54, 1.807) is 98.8 Å². The minimum atomic E-state index is -0.724. The van der Waals surface area contributed by atoms with E-state index in [0.717, 1.165) is 11.1 Å². The Morgan fingerprint density at radius 2 is 0.788 bits per heavy atom. The van der Waals surface area contributed by atoms with E-state index >= 15 is 0 Å². The molecule has 266 valence electrons. The summed E-state index contributed by atoms with van der Waals surface area (Å²) in [6.45, 7) is 17.7. The van der Waals surface area contributed by atoms with Gasteiger partial charge in [-0.15, -0.1) is 0 Å². The number of esters is 4. The third kappa shape index (κ3) is 9.87. The molecule has 0 heterocycles. The summed E-state index contributed by atoms with van der Waals surface area (Å²) in [5.41, 5.74) is 4.32. The van der Waals surface area contributed by atoms with Crippen LogP contribution in [0.3, 0.4) is 0 Å². The summed E-state index contributed by atoms with van der Waals surface area (Å²) in [6.07, 6.45) is 0. The molecule has 0 amide bonds. The third-order valence-corrected chi connectivity index (χ3v) is 7.37. The molecule has 0 aliphatic carbocycles. The van der Waals surface area contributed by atoms with Crippen LogP contribution in [0.25, 0.3) is 33.4 Å². The number of carbonyl (C=O) groups excluding carboxylic acids is 4. The standard InChI is InChI=1S/C42H38O10/c1-25(2)39(43)49-33-15-9-29(10-16-33)31-13-19-35(37(21-31)51-41(45)27(5)23-47-7)36-20-14-32(22-38(36)52-42(46)28(6)24-48-8)30-11-17-34(18-12-30)50-40(44)26(3)4/h9-22H,1,3,5-6,23-24H2,2,4,7-8H3. The van der Waals surface area contributed by atoms with Gasteiger partial charge in [-0.3, -0.25) is 0 Å². The van der Waals surface area contributed by atoms with Crippen molar-refractivity contribution < 1.29 is 47.6 Å². The molecule has 0 atom stereocenters. The lowest BCUT2D eigenvalue weighted by atomic mass is 9.96. The van der Waals surface area contributed by atoms with Crippen LogP contribution in [0.1, 0.15) is 13.8 Å². The highest BCUT2D eigenvalue weighted by Crippen LogP contribution is 2.42. The van der Waals surface area contributed by atoms with Crippen molar-refractivity contribution >= 4 is 23.9 Å². The smallest absolute Gasteiger partial charge is 0.341 e. The summed E-state index contributed by atoms with van der Waals surface area (Å²) in [5, 5.41) is 0. The number of ether oxygens (including phenoxy) is 6. The van der Waals surface area contributed by atoms with Gasteiger partial charge in [0, 0.05) is 36.5 Å². The molecule has 0 radical (unpaired) electrons. The zero-order valence-electron chi connectivity index (χ0n) is 29.4. The summed E-state index contributed by atoms with van der Waals surface area (Å²) in [4.78, 5) is 50.2. The highest BCUT2D eigenvalue weighted by molar-refractivity contribution is 5.94. The van der Waals surface area contributed by atoms with Gasteiger partial charge >= 0.3 is 23.9 Å². The van der Waals surface area contributed by atoms with Gasteiger partial charge < -0.3 is 28.4 Å². The van der Waals surface area contributed by atoms with Crippen molar-refractivity contribution in [2.75, 3.05) is 27.4 Å². The molecule has 4 rings (SSSR count). The number of carbonyl (C=O) groups is 4. The second-order valence-corrected chi connectivity index (χ2v) is 11.7. The fraction of sp³-hybridized carbons (Fsp3) is 0.143. The molecule has 0 aliphatic heterocycles. The SMILES string of the molecule is C=C(C)C(=O)Oc1ccc(-c2ccc(-c3ccc(-c4ccc(OC(=O)C(=C)C)cc4)cc3OC(=O)C(=C)COC)c(OC(=O)C(=C)COC)c2)cc1. The van der Waals surface area contributed by atoms with Gasteiger partial charge in [-0.1, -0.05) is 62.7 Å². The molecule has 10 heteroatoms. The van der Waals surface area contributed by atoms with Crippen LogP contribution in [0.4, 0.5) is 0 Å². The Labute approximate surface area is 302 Å². The van der Waals surface area contributed by atoms with E-state index in [1.165, 1.54) is 14.2 Å². The van der Waals surface area contributed by atoms with E-state index in [1.807, 2.05) is 0 Å². The quantitative estimate of drug-likeness (QED) is 0.0687. The molecule has 10 nitrogen and oxygen atoms in total. The average molecular weight is 703 g/mol. The van der Waals surface area contributed by atoms with E-state index in [9.17, 15) is 19.2 Å². The van der Waals surface area contributed by atoms with E-state index < -0.39 is 23.9 Å². The van der Waals surface area contributed by atoms with E-state index in [4.69, 9.17) is 28.4 Å². The zero-order valence-corrected chi connectivity index (χ0v) is 29.4. The summed E-state index contributed by atoms with van der Waals surface area (Å²) < 4.78 is 32.5. The first kappa shape index (κ1) is 38.4. The van der Waals surface area contributed by atoms with Crippen molar-refractivity contribution in [1.29, 1.82) is 0 Å². The van der Waals surface area contributed by atoms with Crippen LogP contribution in [0.15, 0.2) is 134 Å². The third-order valence-electron chi connectivity index (χ3n) is 7.37. The Balaban J connectivity index is 1.81. The predicted molar refractivity (Wildman–Crippen MR) is 197 cm³/mol. The fourth-order valence-electron chi connectivity index (χ4n) is 4.65. The minimum absolute atomic E-state index is 0.0530. The Kier molecular flexibility index (Phi) is 13.0. The van der Waals surface area contributed by atoms with Gasteiger partial charge in [0.05, 0.1) is 24.4 Å². The van der Waals surface area contributed by atoms with Crippen LogP contribution in [-0.4, -0.2) is 51.3 Å². The Hall–Kier alpha value is -6.36. The Morgan fingerprint density at radius 1 is 0.462 bits per heavy atom. The van der Waals surface area contributed by atoms with Crippen LogP contribution in [0, 0.1) is 0 Å². The van der Waals surface area contributed by atoms with Gasteiger partial charge in [0.25, 0.3) is 0 Å². The van der Waals surface area contributed by atoms with Gasteiger partial charge in [-0.05, 0) is 84.6 Å². The van der Waals surface area contributed by atoms with Gasteiger partial charge in [0.2, 0.25) is 0 Å². The molecule has 0 saturated carbocycles. The van der Waals surface area contributed by atoms with Gasteiger partial charge in [0.15, 0.2) is 0 Å². The maximum atomic E-state index is 13.1. The molecule has 0 saturated heterocycles. The van der Waals surface area contributed by atoms with Crippen molar-refractivity contribution in [2.24, 2.45) is 0 Å². The van der Waals surface area contributed by atoms with Crippen molar-refractivity contribution in [3.05, 3.63) is 134 Å². The largest absolute Gasteiger partial charge is 0.423 e. The number of hydrogen-bond donors (Lipinski definition) is 0. The molecular formula is C42H38O10. The zero-order chi connectivity index (χ0) is 37.9. The molecule has 52 heavy (non-hydrogen) atoms. The molecule has 0 aromatic heterocycles. The molecule has 0 unspecified atom stereocenters. The Morgan fingerprint density at radius 3 is 1.10 bits per heavy atom. The van der Waals surface area contributed by atoms with Crippen LogP contribution in [-0.2, 0) is 28.7 Å². The van der Waals surface area contributed by atoms with Crippen LogP contribution < -0.4 is 18.9 Å². The molecule has 0 fully saturated rings. The lowest BCUT2D eigenvalue weighted by molar-refractivity contribution is -0.131. The fourth-order valence-corrected chi connectivity index (χ4v) is 4.65. The van der Waals surface area contributed by atoms with E-state index in [2.05, 4.69) is 26.3 Å². The summed E-state index contributed by atoms with van der Waals surface area (Å²) in [7, 11) is 2.87. The molecule has 4 aromatic rings. The van der Waals surface area contributed by atoms with Crippen molar-refractivity contribution in [2.45, 2.75) is 13.8 Å². The van der Waals surface area contributed by atoms with Crippen molar-refractivity contribution in [1.82, 2.24) is 0 Å². The lowest BCUT2D eigenvalue weighted by Crippen LogP contribution is -2.15. The summed E-state index contributed by atoms with van der Waals surface area (Å²) >= 11 is 0. The lowest BCUT2D eigenvalue weighted by Gasteiger charge is -2.17.